The molecule has 1 atom stereocenters. The number of nitrogens with zero attached hydrogens (tertiary/aromatic N) is 3. The number of nitrogens with one attached hydrogen (secondary N) is 1. The fourth-order valence-corrected chi connectivity index (χ4v) is 3.82. The molecule has 2 aromatic carbocycles. The molecule has 1 aliphatic carbocycles. The first-order valence-electron chi connectivity index (χ1n) is 8.04. The van der Waals surface area contributed by atoms with Crippen molar-refractivity contribution >= 4 is 12.2 Å². The largest absolute Gasteiger partial charge is 0.292 e. The molecule has 0 radical (unpaired) electrons. The van der Waals surface area contributed by atoms with E-state index in [4.69, 9.17) is 12.2 Å². The number of hydrogen-bond donors (Lipinski definition) is 1. The first-order chi connectivity index (χ1) is 11.8. The van der Waals surface area contributed by atoms with Crippen LogP contribution in [-0.2, 0) is 6.42 Å². The fraction of sp³-hybridized carbons (Fsp3) is 0.211. The molecule has 0 amide bonds. The van der Waals surface area contributed by atoms with Gasteiger partial charge in [-0.15, -0.1) is 0 Å². The minimum atomic E-state index is 0.156. The van der Waals surface area contributed by atoms with Crippen LogP contribution in [0, 0.1) is 16.1 Å². The summed E-state index contributed by atoms with van der Waals surface area (Å²) in [6.45, 7) is 0. The van der Waals surface area contributed by atoms with Gasteiger partial charge in [0.2, 0.25) is 0 Å². The Kier molecular flexibility index (Phi) is 3.75. The summed E-state index contributed by atoms with van der Waals surface area (Å²) in [4.78, 5) is 0. The second-order valence-corrected chi connectivity index (χ2v) is 6.37. The quantitative estimate of drug-likeness (QED) is 0.707. The highest BCUT2D eigenvalue weighted by Gasteiger charge is 2.25. The van der Waals surface area contributed by atoms with Crippen LogP contribution in [0.25, 0.3) is 11.4 Å². The van der Waals surface area contributed by atoms with Gasteiger partial charge in [-0.05, 0) is 54.7 Å². The zero-order valence-corrected chi connectivity index (χ0v) is 13.9. The summed E-state index contributed by atoms with van der Waals surface area (Å²) in [6.07, 6.45) is 3.24. The molecule has 1 aromatic heterocycles. The van der Waals surface area contributed by atoms with E-state index in [9.17, 15) is 5.26 Å². The summed E-state index contributed by atoms with van der Waals surface area (Å²) in [7, 11) is 0. The van der Waals surface area contributed by atoms with Gasteiger partial charge in [0, 0.05) is 5.56 Å². The van der Waals surface area contributed by atoms with Crippen molar-refractivity contribution in [2.45, 2.75) is 25.3 Å². The van der Waals surface area contributed by atoms with Gasteiger partial charge in [-0.3, -0.25) is 9.67 Å². The molecular formula is C19H16N4S. The molecule has 0 saturated carbocycles. The summed E-state index contributed by atoms with van der Waals surface area (Å²) >= 11 is 5.52. The topological polar surface area (TPSA) is 57.4 Å². The fourth-order valence-electron chi connectivity index (χ4n) is 3.56. The lowest BCUT2D eigenvalue weighted by molar-refractivity contribution is 0.488. The molecule has 3 aromatic rings. The molecule has 5 heteroatoms. The summed E-state index contributed by atoms with van der Waals surface area (Å²) < 4.78 is 2.67. The number of fused-ring (bicyclic) bond motifs is 1. The van der Waals surface area contributed by atoms with Crippen molar-refractivity contribution in [3.05, 3.63) is 70.0 Å². The van der Waals surface area contributed by atoms with E-state index in [-0.39, 0.29) is 6.04 Å². The average Bonchev–Trinajstić information content (AvgIpc) is 3.02. The summed E-state index contributed by atoms with van der Waals surface area (Å²) in [5.74, 6) is 0.735. The molecule has 24 heavy (non-hydrogen) atoms. The van der Waals surface area contributed by atoms with E-state index in [1.165, 1.54) is 11.1 Å². The maximum Gasteiger partial charge on any atom is 0.196 e. The van der Waals surface area contributed by atoms with Crippen LogP contribution < -0.4 is 0 Å². The smallest absolute Gasteiger partial charge is 0.196 e. The number of rotatable bonds is 2. The highest BCUT2D eigenvalue weighted by Crippen LogP contribution is 2.36. The van der Waals surface area contributed by atoms with Gasteiger partial charge in [0.25, 0.3) is 0 Å². The van der Waals surface area contributed by atoms with Gasteiger partial charge in [0.15, 0.2) is 10.6 Å². The van der Waals surface area contributed by atoms with Crippen LogP contribution in [0.3, 0.4) is 0 Å². The van der Waals surface area contributed by atoms with Crippen molar-refractivity contribution in [2.75, 3.05) is 0 Å². The maximum atomic E-state index is 9.42. The first-order valence-corrected chi connectivity index (χ1v) is 8.44. The number of nitriles is 1. The number of benzene rings is 2. The lowest BCUT2D eigenvalue weighted by Gasteiger charge is -2.27. The normalized spacial score (nSPS) is 16.4. The predicted octanol–water partition coefficient (Wildman–Crippen LogP) is 4.41. The van der Waals surface area contributed by atoms with Crippen LogP contribution in [0.15, 0.2) is 48.5 Å². The van der Waals surface area contributed by atoms with Crippen molar-refractivity contribution < 1.29 is 0 Å². The molecule has 4 rings (SSSR count). The van der Waals surface area contributed by atoms with Crippen LogP contribution in [0.5, 0.6) is 0 Å². The Morgan fingerprint density at radius 3 is 2.83 bits per heavy atom. The van der Waals surface area contributed by atoms with Crippen molar-refractivity contribution in [1.29, 1.82) is 5.26 Å². The second kappa shape index (κ2) is 6.06. The van der Waals surface area contributed by atoms with Crippen LogP contribution >= 0.6 is 12.2 Å². The summed E-state index contributed by atoms with van der Waals surface area (Å²) in [5.41, 5.74) is 4.10. The predicted molar refractivity (Wildman–Crippen MR) is 95.1 cm³/mol. The van der Waals surface area contributed by atoms with Crippen molar-refractivity contribution in [3.63, 3.8) is 0 Å². The third-order valence-electron chi connectivity index (χ3n) is 4.64. The Labute approximate surface area is 145 Å². The Morgan fingerprint density at radius 1 is 1.17 bits per heavy atom. The van der Waals surface area contributed by atoms with E-state index in [1.807, 2.05) is 24.3 Å². The molecule has 1 heterocycles. The van der Waals surface area contributed by atoms with Gasteiger partial charge in [0.05, 0.1) is 17.7 Å². The van der Waals surface area contributed by atoms with Crippen molar-refractivity contribution in [1.82, 2.24) is 14.8 Å². The highest BCUT2D eigenvalue weighted by atomic mass is 32.1. The van der Waals surface area contributed by atoms with E-state index >= 15 is 0 Å². The average molecular weight is 332 g/mol. The number of H-pyrrole nitrogens is 1. The SMILES string of the molecule is N#Cc1ccccc1-c1n[nH]c(=S)n1C1CCCc2ccccc21. The van der Waals surface area contributed by atoms with E-state index in [2.05, 4.69) is 45.1 Å². The lowest BCUT2D eigenvalue weighted by Crippen LogP contribution is -2.18. The highest BCUT2D eigenvalue weighted by molar-refractivity contribution is 7.71. The Bertz CT molecular complexity index is 993. The Hall–Kier alpha value is -2.71. The standard InChI is InChI=1S/C19H16N4S/c20-12-14-7-2-4-10-16(14)18-21-22-19(24)23(18)17-11-5-8-13-6-1-3-9-15(13)17/h1-4,6-7,9-10,17H,5,8,11H2,(H,22,24). The van der Waals surface area contributed by atoms with E-state index in [0.717, 1.165) is 30.7 Å². The van der Waals surface area contributed by atoms with Gasteiger partial charge >= 0.3 is 0 Å². The van der Waals surface area contributed by atoms with Crippen molar-refractivity contribution in [2.24, 2.45) is 0 Å². The molecule has 118 valence electrons. The van der Waals surface area contributed by atoms with Gasteiger partial charge in [-0.25, -0.2) is 0 Å². The lowest BCUT2D eigenvalue weighted by atomic mass is 9.87. The minimum absolute atomic E-state index is 0.156. The van der Waals surface area contributed by atoms with Crippen LogP contribution in [0.2, 0.25) is 0 Å². The molecule has 0 saturated heterocycles. The number of aryl methyl sites for hydroxylation is 1. The third kappa shape index (κ3) is 2.36. The molecule has 0 spiro atoms. The van der Waals surface area contributed by atoms with Crippen LogP contribution in [0.4, 0.5) is 0 Å². The number of aromatic amines is 1. The zero-order chi connectivity index (χ0) is 16.5. The van der Waals surface area contributed by atoms with Gasteiger partial charge in [0.1, 0.15) is 0 Å². The molecule has 1 aliphatic rings. The van der Waals surface area contributed by atoms with Gasteiger partial charge in [-0.2, -0.15) is 10.4 Å². The first kappa shape index (κ1) is 14.9. The van der Waals surface area contributed by atoms with Gasteiger partial charge in [-0.1, -0.05) is 36.4 Å². The van der Waals surface area contributed by atoms with Gasteiger partial charge < -0.3 is 0 Å². The number of hydrogen-bond acceptors (Lipinski definition) is 3. The zero-order valence-electron chi connectivity index (χ0n) is 13.1. The molecular weight excluding hydrogens is 316 g/mol. The van der Waals surface area contributed by atoms with E-state index in [0.29, 0.717) is 10.3 Å². The third-order valence-corrected chi connectivity index (χ3v) is 4.93. The van der Waals surface area contributed by atoms with Crippen LogP contribution in [-0.4, -0.2) is 14.8 Å². The molecule has 4 nitrogen and oxygen atoms in total. The van der Waals surface area contributed by atoms with Crippen LogP contribution in [0.1, 0.15) is 35.6 Å². The maximum absolute atomic E-state index is 9.42. The minimum Gasteiger partial charge on any atom is -0.292 e. The van der Waals surface area contributed by atoms with E-state index < -0.39 is 0 Å². The number of aromatic nitrogens is 3. The second-order valence-electron chi connectivity index (χ2n) is 5.99. The van der Waals surface area contributed by atoms with Crippen molar-refractivity contribution in [3.8, 4) is 17.5 Å². The molecule has 1 unspecified atom stereocenters. The monoisotopic (exact) mass is 332 g/mol. The summed E-state index contributed by atoms with van der Waals surface area (Å²) in [6, 6.07) is 18.5. The molecule has 1 N–H and O–H groups in total. The molecule has 0 aliphatic heterocycles. The summed E-state index contributed by atoms with van der Waals surface area (Å²) in [5, 5.41) is 16.8. The molecule has 0 bridgehead atoms. The van der Waals surface area contributed by atoms with E-state index in [1.54, 1.807) is 0 Å². The Balaban J connectivity index is 1.92. The Morgan fingerprint density at radius 2 is 1.96 bits per heavy atom. The molecule has 0 fully saturated rings.